The van der Waals surface area contributed by atoms with Crippen LogP contribution in [0.4, 0.5) is 5.82 Å². The molecule has 4 rings (SSSR count). The topological polar surface area (TPSA) is 63.5 Å². The maximum atomic E-state index is 12.4. The predicted octanol–water partition coefficient (Wildman–Crippen LogP) is 1.09. The third-order valence-corrected chi connectivity index (χ3v) is 4.63. The Balaban J connectivity index is 1.36. The number of carbonyl (C=O) groups is 1. The summed E-state index contributed by atoms with van der Waals surface area (Å²) in [6.45, 7) is 3.67. The highest BCUT2D eigenvalue weighted by Crippen LogP contribution is 2.18. The smallest absolute Gasteiger partial charge is 0.251 e. The summed E-state index contributed by atoms with van der Waals surface area (Å²) in [6.07, 6.45) is 5.50. The van der Waals surface area contributed by atoms with Crippen molar-refractivity contribution in [3.05, 3.63) is 36.7 Å². The number of rotatable bonds is 3. The minimum absolute atomic E-state index is 0.140. The molecule has 0 aliphatic carbocycles. The van der Waals surface area contributed by atoms with Gasteiger partial charge in [-0.15, -0.1) is 10.2 Å². The van der Waals surface area contributed by atoms with Gasteiger partial charge in [-0.3, -0.25) is 4.79 Å². The zero-order chi connectivity index (χ0) is 16.4. The Morgan fingerprint density at radius 3 is 2.38 bits per heavy atom. The van der Waals surface area contributed by atoms with Gasteiger partial charge in [0.15, 0.2) is 11.6 Å². The van der Waals surface area contributed by atoms with Crippen molar-refractivity contribution in [3.8, 4) is 5.82 Å². The Morgan fingerprint density at radius 1 is 1.04 bits per heavy atom. The molecule has 24 heavy (non-hydrogen) atoms. The quantitative estimate of drug-likeness (QED) is 0.844. The van der Waals surface area contributed by atoms with Crippen molar-refractivity contribution in [1.82, 2.24) is 19.7 Å². The second-order valence-corrected chi connectivity index (χ2v) is 6.15. The highest BCUT2D eigenvalue weighted by molar-refractivity contribution is 5.81. The Labute approximate surface area is 140 Å². The Kier molecular flexibility index (Phi) is 4.17. The first kappa shape index (κ1) is 15.1. The molecule has 7 heteroatoms. The number of anilines is 1. The second kappa shape index (κ2) is 6.60. The van der Waals surface area contributed by atoms with E-state index in [1.54, 1.807) is 0 Å². The van der Waals surface area contributed by atoms with Gasteiger partial charge in [-0.25, -0.2) is 0 Å². The molecule has 2 aromatic heterocycles. The summed E-state index contributed by atoms with van der Waals surface area (Å²) in [5.74, 6) is 1.80. The monoisotopic (exact) mass is 327 g/mol. The molecule has 2 saturated heterocycles. The van der Waals surface area contributed by atoms with Crippen LogP contribution in [0.25, 0.3) is 5.82 Å². The van der Waals surface area contributed by atoms with Crippen LogP contribution < -0.4 is 4.90 Å². The van der Waals surface area contributed by atoms with E-state index in [0.717, 1.165) is 37.6 Å². The van der Waals surface area contributed by atoms with Crippen LogP contribution in [0.15, 0.2) is 36.7 Å². The molecule has 0 saturated carbocycles. The number of hydrogen-bond donors (Lipinski definition) is 0. The fourth-order valence-corrected chi connectivity index (χ4v) is 3.24. The van der Waals surface area contributed by atoms with Crippen LogP contribution in [0.2, 0.25) is 0 Å². The largest absolute Gasteiger partial charge is 0.368 e. The first-order valence-corrected chi connectivity index (χ1v) is 8.44. The highest BCUT2D eigenvalue weighted by Gasteiger charge is 2.30. The van der Waals surface area contributed by atoms with Crippen LogP contribution in [0, 0.1) is 0 Å². The minimum Gasteiger partial charge on any atom is -0.368 e. The van der Waals surface area contributed by atoms with Crippen LogP contribution in [0.3, 0.4) is 0 Å². The van der Waals surface area contributed by atoms with Crippen molar-refractivity contribution in [2.24, 2.45) is 0 Å². The van der Waals surface area contributed by atoms with Crippen LogP contribution in [-0.4, -0.2) is 64.5 Å². The molecule has 0 radical (unpaired) electrons. The molecule has 4 heterocycles. The lowest BCUT2D eigenvalue weighted by molar-refractivity contribution is -0.141. The summed E-state index contributed by atoms with van der Waals surface area (Å²) >= 11 is 0. The first-order chi connectivity index (χ1) is 11.8. The molecule has 0 spiro atoms. The zero-order valence-corrected chi connectivity index (χ0v) is 13.5. The molecule has 1 atom stereocenters. The van der Waals surface area contributed by atoms with Crippen molar-refractivity contribution in [2.75, 3.05) is 37.7 Å². The maximum Gasteiger partial charge on any atom is 0.251 e. The van der Waals surface area contributed by atoms with E-state index in [1.165, 1.54) is 0 Å². The molecule has 0 bridgehead atoms. The fraction of sp³-hybridized carbons (Fsp3) is 0.471. The summed E-state index contributed by atoms with van der Waals surface area (Å²) in [6, 6.07) is 7.87. The molecule has 0 aromatic carbocycles. The van der Waals surface area contributed by atoms with Crippen LogP contribution >= 0.6 is 0 Å². The Bertz CT molecular complexity index is 672. The van der Waals surface area contributed by atoms with Gasteiger partial charge in [-0.2, -0.15) is 0 Å². The van der Waals surface area contributed by atoms with Gasteiger partial charge in [0.1, 0.15) is 6.10 Å². The SMILES string of the molecule is O=C([C@@H]1CCCO1)N1CCN(c2ccc(-n3cccc3)nn2)CC1. The summed E-state index contributed by atoms with van der Waals surface area (Å²) < 4.78 is 7.42. The molecule has 2 aliphatic rings. The first-order valence-electron chi connectivity index (χ1n) is 8.44. The van der Waals surface area contributed by atoms with Gasteiger partial charge in [0, 0.05) is 45.2 Å². The third-order valence-electron chi connectivity index (χ3n) is 4.63. The molecule has 126 valence electrons. The van der Waals surface area contributed by atoms with Crippen molar-refractivity contribution >= 4 is 11.7 Å². The van der Waals surface area contributed by atoms with Crippen molar-refractivity contribution in [3.63, 3.8) is 0 Å². The molecule has 2 aromatic rings. The van der Waals surface area contributed by atoms with E-state index in [9.17, 15) is 4.79 Å². The molecule has 2 aliphatic heterocycles. The summed E-state index contributed by atoms with van der Waals surface area (Å²) in [4.78, 5) is 16.5. The molecule has 1 amide bonds. The van der Waals surface area contributed by atoms with E-state index in [0.29, 0.717) is 19.7 Å². The van der Waals surface area contributed by atoms with Crippen molar-refractivity contribution < 1.29 is 9.53 Å². The molecular formula is C17H21N5O2. The molecule has 2 fully saturated rings. The highest BCUT2D eigenvalue weighted by atomic mass is 16.5. The van der Waals surface area contributed by atoms with Gasteiger partial charge in [-0.1, -0.05) is 0 Å². The van der Waals surface area contributed by atoms with Crippen LogP contribution in [0.1, 0.15) is 12.8 Å². The van der Waals surface area contributed by atoms with E-state index in [2.05, 4.69) is 15.1 Å². The van der Waals surface area contributed by atoms with Crippen LogP contribution in [0.5, 0.6) is 0 Å². The number of piperazine rings is 1. The van der Waals surface area contributed by atoms with Gasteiger partial charge in [0.2, 0.25) is 0 Å². The van der Waals surface area contributed by atoms with Crippen molar-refractivity contribution in [2.45, 2.75) is 18.9 Å². The number of hydrogen-bond acceptors (Lipinski definition) is 5. The third kappa shape index (κ3) is 2.99. The number of carbonyl (C=O) groups excluding carboxylic acids is 1. The predicted molar refractivity (Wildman–Crippen MR) is 89.1 cm³/mol. The molecule has 0 N–H and O–H groups in total. The lowest BCUT2D eigenvalue weighted by Crippen LogP contribution is -2.51. The average molecular weight is 327 g/mol. The van der Waals surface area contributed by atoms with Gasteiger partial charge < -0.3 is 19.1 Å². The van der Waals surface area contributed by atoms with E-state index >= 15 is 0 Å². The summed E-state index contributed by atoms with van der Waals surface area (Å²) in [7, 11) is 0. The van der Waals surface area contributed by atoms with Crippen molar-refractivity contribution in [1.29, 1.82) is 0 Å². The lowest BCUT2D eigenvalue weighted by atomic mass is 10.2. The molecular weight excluding hydrogens is 306 g/mol. The van der Waals surface area contributed by atoms with Gasteiger partial charge in [-0.05, 0) is 37.1 Å². The number of ether oxygens (including phenoxy) is 1. The van der Waals surface area contributed by atoms with Gasteiger partial charge >= 0.3 is 0 Å². The Hall–Kier alpha value is -2.41. The Morgan fingerprint density at radius 2 is 1.75 bits per heavy atom. The lowest BCUT2D eigenvalue weighted by Gasteiger charge is -2.36. The van der Waals surface area contributed by atoms with Gasteiger partial charge in [0.25, 0.3) is 5.91 Å². The maximum absolute atomic E-state index is 12.4. The van der Waals surface area contributed by atoms with E-state index < -0.39 is 0 Å². The average Bonchev–Trinajstić information content (AvgIpc) is 3.35. The minimum atomic E-state index is -0.225. The standard InChI is InChI=1S/C17H21N5O2/c23-17(14-4-3-13-24-14)22-11-9-21(10-12-22)16-6-5-15(18-19-16)20-7-1-2-8-20/h1-2,5-8,14H,3-4,9-13H2/t14-/m0/s1. The summed E-state index contributed by atoms with van der Waals surface area (Å²) in [5.41, 5.74) is 0. The van der Waals surface area contributed by atoms with Gasteiger partial charge in [0.05, 0.1) is 0 Å². The zero-order valence-electron chi connectivity index (χ0n) is 13.5. The number of amides is 1. The van der Waals surface area contributed by atoms with Crippen LogP contribution in [-0.2, 0) is 9.53 Å². The fourth-order valence-electron chi connectivity index (χ4n) is 3.24. The molecule has 0 unspecified atom stereocenters. The number of nitrogens with zero attached hydrogens (tertiary/aromatic N) is 5. The second-order valence-electron chi connectivity index (χ2n) is 6.15. The summed E-state index contributed by atoms with van der Waals surface area (Å²) in [5, 5.41) is 8.62. The molecule has 7 nitrogen and oxygen atoms in total. The normalized spacial score (nSPS) is 21.2. The number of aromatic nitrogens is 3. The van der Waals surface area contributed by atoms with E-state index in [1.807, 2.05) is 46.1 Å². The van der Waals surface area contributed by atoms with E-state index in [-0.39, 0.29) is 12.0 Å². The van der Waals surface area contributed by atoms with E-state index in [4.69, 9.17) is 4.74 Å².